The van der Waals surface area contributed by atoms with Crippen molar-refractivity contribution < 1.29 is 13.9 Å². The summed E-state index contributed by atoms with van der Waals surface area (Å²) in [6.07, 6.45) is 1.24. The number of fused-ring (bicyclic) bond motifs is 1. The van der Waals surface area contributed by atoms with Crippen molar-refractivity contribution in [2.45, 2.75) is 19.4 Å². The molecule has 0 aliphatic heterocycles. The number of anilines is 2. The predicted octanol–water partition coefficient (Wildman–Crippen LogP) is 6.65. The van der Waals surface area contributed by atoms with Gasteiger partial charge in [-0.2, -0.15) is 0 Å². The zero-order valence-electron chi connectivity index (χ0n) is 16.5. The number of nitrogens with one attached hydrogen (secondary N) is 2. The molecule has 1 unspecified atom stereocenters. The maximum absolute atomic E-state index is 15.3. The molecular weight excluding hydrogens is 485 g/mol. The Hall–Kier alpha value is -2.90. The van der Waals surface area contributed by atoms with Crippen molar-refractivity contribution in [2.24, 2.45) is 0 Å². The molecule has 8 heteroatoms. The lowest BCUT2D eigenvalue weighted by molar-refractivity contribution is 0.0343. The van der Waals surface area contributed by atoms with E-state index in [1.54, 1.807) is 49.4 Å². The third kappa shape index (κ3) is 4.73. The minimum Gasteiger partial charge on any atom is -0.459 e. The average molecular weight is 503 g/mol. The second kappa shape index (κ2) is 9.08. The fourth-order valence-electron chi connectivity index (χ4n) is 3.29. The highest BCUT2D eigenvalue weighted by atomic mass is 79.9. The maximum Gasteiger partial charge on any atom is 0.338 e. The van der Waals surface area contributed by atoms with E-state index in [0.29, 0.717) is 33.8 Å². The molecular formula is C23H18BrClFN3O2. The molecule has 0 saturated heterocycles. The number of ether oxygens (including phenoxy) is 1. The molecule has 1 aromatic heterocycles. The molecule has 0 amide bonds. The number of H-pyrrole nitrogens is 1. The second-order valence-corrected chi connectivity index (χ2v) is 8.38. The average Bonchev–Trinajstić information content (AvgIpc) is 3.21. The van der Waals surface area contributed by atoms with Crippen LogP contribution in [0.3, 0.4) is 0 Å². The summed E-state index contributed by atoms with van der Waals surface area (Å²) in [4.78, 5) is 19.4. The van der Waals surface area contributed by atoms with Gasteiger partial charge in [-0.25, -0.2) is 14.2 Å². The number of imidazole rings is 1. The molecule has 5 nitrogen and oxygen atoms in total. The Morgan fingerprint density at radius 1 is 1.26 bits per heavy atom. The molecule has 0 aliphatic carbocycles. The molecule has 0 fully saturated rings. The lowest BCUT2D eigenvalue weighted by Crippen LogP contribution is -2.18. The van der Waals surface area contributed by atoms with Crippen molar-refractivity contribution >= 4 is 55.9 Å². The fourth-order valence-corrected chi connectivity index (χ4v) is 4.01. The molecule has 3 aromatic carbocycles. The first-order chi connectivity index (χ1) is 14.9. The van der Waals surface area contributed by atoms with Crippen LogP contribution in [0.4, 0.5) is 15.8 Å². The number of halogens is 3. The molecule has 31 heavy (non-hydrogen) atoms. The third-order valence-electron chi connectivity index (χ3n) is 4.75. The normalized spacial score (nSPS) is 12.0. The van der Waals surface area contributed by atoms with E-state index in [-0.39, 0.29) is 11.2 Å². The number of carbonyl (C=O) groups excluding carboxylic acids is 1. The van der Waals surface area contributed by atoms with Crippen LogP contribution in [0.2, 0.25) is 5.02 Å². The monoisotopic (exact) mass is 501 g/mol. The Morgan fingerprint density at radius 2 is 2.03 bits per heavy atom. The van der Waals surface area contributed by atoms with E-state index >= 15 is 4.39 Å². The van der Waals surface area contributed by atoms with Crippen molar-refractivity contribution in [3.63, 3.8) is 0 Å². The first-order valence-electron chi connectivity index (χ1n) is 9.55. The zero-order chi connectivity index (χ0) is 22.0. The fraction of sp³-hybridized carbons (Fsp3) is 0.130. The summed E-state index contributed by atoms with van der Waals surface area (Å²) in [6, 6.07) is 15.8. The van der Waals surface area contributed by atoms with Gasteiger partial charge in [-0.15, -0.1) is 0 Å². The maximum atomic E-state index is 15.3. The molecule has 2 N–H and O–H groups in total. The van der Waals surface area contributed by atoms with Gasteiger partial charge in [0.1, 0.15) is 11.6 Å². The van der Waals surface area contributed by atoms with E-state index in [2.05, 4.69) is 31.2 Å². The first-order valence-corrected chi connectivity index (χ1v) is 10.7. The Balaban J connectivity index is 1.64. The number of aromatic nitrogens is 2. The minimum absolute atomic E-state index is 0.216. The van der Waals surface area contributed by atoms with Crippen molar-refractivity contribution in [1.29, 1.82) is 0 Å². The number of benzene rings is 3. The Labute approximate surface area is 191 Å². The molecule has 0 spiro atoms. The highest BCUT2D eigenvalue weighted by molar-refractivity contribution is 9.10. The van der Waals surface area contributed by atoms with E-state index in [1.165, 1.54) is 6.33 Å². The van der Waals surface area contributed by atoms with E-state index in [0.717, 1.165) is 4.47 Å². The summed E-state index contributed by atoms with van der Waals surface area (Å²) in [5.41, 5.74) is 2.65. The SMILES string of the molecule is CC(Cc1cc2[nH]cnc2c(F)c1Nc1ccc(Br)cc1Cl)OC(=O)c1ccccc1. The summed E-state index contributed by atoms with van der Waals surface area (Å²) < 4.78 is 21.7. The number of aromatic amines is 1. The lowest BCUT2D eigenvalue weighted by Gasteiger charge is -2.18. The molecule has 0 aliphatic rings. The van der Waals surface area contributed by atoms with Gasteiger partial charge in [0.05, 0.1) is 33.8 Å². The Kier molecular flexibility index (Phi) is 6.25. The van der Waals surface area contributed by atoms with Crippen LogP contribution in [0.25, 0.3) is 11.0 Å². The first kappa shape index (κ1) is 21.3. The smallest absolute Gasteiger partial charge is 0.338 e. The van der Waals surface area contributed by atoms with Crippen LogP contribution in [0.1, 0.15) is 22.8 Å². The van der Waals surface area contributed by atoms with Gasteiger partial charge < -0.3 is 15.0 Å². The van der Waals surface area contributed by atoms with Gasteiger partial charge in [0.15, 0.2) is 5.82 Å². The molecule has 0 bridgehead atoms. The van der Waals surface area contributed by atoms with Gasteiger partial charge in [-0.3, -0.25) is 0 Å². The van der Waals surface area contributed by atoms with Crippen molar-refractivity contribution in [1.82, 2.24) is 9.97 Å². The van der Waals surface area contributed by atoms with Crippen LogP contribution in [-0.2, 0) is 11.2 Å². The lowest BCUT2D eigenvalue weighted by atomic mass is 10.0. The van der Waals surface area contributed by atoms with Gasteiger partial charge >= 0.3 is 5.97 Å². The van der Waals surface area contributed by atoms with Crippen LogP contribution in [0, 0.1) is 5.82 Å². The van der Waals surface area contributed by atoms with Crippen LogP contribution >= 0.6 is 27.5 Å². The molecule has 158 valence electrons. The quantitative estimate of drug-likeness (QED) is 0.290. The van der Waals surface area contributed by atoms with Crippen molar-refractivity contribution in [2.75, 3.05) is 5.32 Å². The summed E-state index contributed by atoms with van der Waals surface area (Å²) in [7, 11) is 0. The van der Waals surface area contributed by atoms with Crippen LogP contribution in [0.15, 0.2) is 65.4 Å². The number of carbonyl (C=O) groups is 1. The number of hydrogen-bond acceptors (Lipinski definition) is 4. The standard InChI is InChI=1S/C23H18BrClFN3O2/c1-13(31-23(30)14-5-3-2-4-6-14)9-15-10-19-22(28-12-27-19)20(26)21(15)29-18-8-7-16(24)11-17(18)25/h2-8,10-13,29H,9H2,1H3,(H,27,28). The number of nitrogens with zero attached hydrogens (tertiary/aromatic N) is 1. The topological polar surface area (TPSA) is 67.0 Å². The van der Waals surface area contributed by atoms with Gasteiger partial charge in [0.25, 0.3) is 0 Å². The number of rotatable bonds is 6. The molecule has 1 atom stereocenters. The summed E-state index contributed by atoms with van der Waals surface area (Å²) in [6.45, 7) is 1.77. The van der Waals surface area contributed by atoms with E-state index in [1.807, 2.05) is 12.1 Å². The van der Waals surface area contributed by atoms with Gasteiger partial charge in [0.2, 0.25) is 0 Å². The largest absolute Gasteiger partial charge is 0.459 e. The van der Waals surface area contributed by atoms with E-state index in [4.69, 9.17) is 16.3 Å². The Morgan fingerprint density at radius 3 is 2.77 bits per heavy atom. The molecule has 0 saturated carbocycles. The molecule has 4 aromatic rings. The van der Waals surface area contributed by atoms with E-state index < -0.39 is 17.9 Å². The second-order valence-electron chi connectivity index (χ2n) is 7.06. The van der Waals surface area contributed by atoms with Crippen molar-refractivity contribution in [3.05, 3.63) is 87.4 Å². The number of esters is 1. The van der Waals surface area contributed by atoms with Crippen LogP contribution in [0.5, 0.6) is 0 Å². The third-order valence-corrected chi connectivity index (χ3v) is 5.56. The molecule has 4 rings (SSSR count). The summed E-state index contributed by atoms with van der Waals surface area (Å²) >= 11 is 9.68. The van der Waals surface area contributed by atoms with Crippen LogP contribution in [-0.4, -0.2) is 22.0 Å². The van der Waals surface area contributed by atoms with Gasteiger partial charge in [-0.1, -0.05) is 45.7 Å². The molecule has 1 heterocycles. The van der Waals surface area contributed by atoms with E-state index in [9.17, 15) is 4.79 Å². The molecule has 0 radical (unpaired) electrons. The highest BCUT2D eigenvalue weighted by Crippen LogP contribution is 2.34. The van der Waals surface area contributed by atoms with Crippen LogP contribution < -0.4 is 5.32 Å². The predicted molar refractivity (Wildman–Crippen MR) is 124 cm³/mol. The van der Waals surface area contributed by atoms with Gasteiger partial charge in [0, 0.05) is 10.9 Å². The number of hydrogen-bond donors (Lipinski definition) is 2. The van der Waals surface area contributed by atoms with Crippen molar-refractivity contribution in [3.8, 4) is 0 Å². The summed E-state index contributed by atoms with van der Waals surface area (Å²) in [5, 5.41) is 3.52. The summed E-state index contributed by atoms with van der Waals surface area (Å²) in [5.74, 6) is -0.934. The highest BCUT2D eigenvalue weighted by Gasteiger charge is 2.20. The minimum atomic E-state index is -0.505. The zero-order valence-corrected chi connectivity index (χ0v) is 18.8. The Bertz CT molecular complexity index is 1250. The van der Waals surface area contributed by atoms with Gasteiger partial charge in [-0.05, 0) is 48.9 Å².